The number of esters is 1. The number of benzene rings is 1. The van der Waals surface area contributed by atoms with Crippen LogP contribution in [0.5, 0.6) is 11.5 Å². The molecule has 1 fully saturated rings. The smallest absolute Gasteiger partial charge is 0.325 e. The fourth-order valence-corrected chi connectivity index (χ4v) is 5.37. The van der Waals surface area contributed by atoms with Gasteiger partial charge in [0.2, 0.25) is 10.0 Å². The molecule has 0 bridgehead atoms. The molecule has 1 aliphatic rings. The molecular weight excluding hydrogens is 446 g/mol. The van der Waals surface area contributed by atoms with Gasteiger partial charge in [0.1, 0.15) is 6.54 Å². The summed E-state index contributed by atoms with van der Waals surface area (Å²) in [5, 5.41) is 0. The zero-order valence-electron chi connectivity index (χ0n) is 17.8. The van der Waals surface area contributed by atoms with Gasteiger partial charge in [-0.2, -0.15) is 4.99 Å². The molecule has 0 radical (unpaired) electrons. The van der Waals surface area contributed by atoms with E-state index in [2.05, 4.69) is 4.99 Å². The largest absolute Gasteiger partial charge is 0.493 e. The predicted octanol–water partition coefficient (Wildman–Crippen LogP) is 0.992. The number of thiazole rings is 1. The number of piperidine rings is 1. The van der Waals surface area contributed by atoms with E-state index in [1.165, 1.54) is 37.0 Å². The highest BCUT2D eigenvalue weighted by Gasteiger charge is 2.29. The summed E-state index contributed by atoms with van der Waals surface area (Å²) in [6, 6.07) is 3.49. The quantitative estimate of drug-likeness (QED) is 0.577. The molecule has 0 spiro atoms. The molecule has 1 aromatic heterocycles. The van der Waals surface area contributed by atoms with Crippen LogP contribution in [0.4, 0.5) is 0 Å². The number of ether oxygens (including phenoxy) is 3. The molecule has 0 unspecified atom stereocenters. The maximum atomic E-state index is 12.8. The summed E-state index contributed by atoms with van der Waals surface area (Å²) in [5.74, 6) is -0.189. The van der Waals surface area contributed by atoms with Crippen molar-refractivity contribution in [3.8, 4) is 11.5 Å². The van der Waals surface area contributed by atoms with Crippen LogP contribution < -0.4 is 14.3 Å². The van der Waals surface area contributed by atoms with Crippen LogP contribution in [0.1, 0.15) is 12.8 Å². The third-order valence-corrected chi connectivity index (χ3v) is 7.53. The van der Waals surface area contributed by atoms with Crippen LogP contribution in [0.15, 0.2) is 17.1 Å². The van der Waals surface area contributed by atoms with Gasteiger partial charge in [0.05, 0.1) is 37.8 Å². The average molecular weight is 472 g/mol. The lowest BCUT2D eigenvalue weighted by atomic mass is 9.98. The van der Waals surface area contributed by atoms with Crippen LogP contribution in [0, 0.1) is 5.92 Å². The molecule has 10 nitrogen and oxygen atoms in total. The van der Waals surface area contributed by atoms with Crippen molar-refractivity contribution < 1.29 is 32.2 Å². The van der Waals surface area contributed by atoms with E-state index in [0.29, 0.717) is 34.7 Å². The molecule has 12 heteroatoms. The van der Waals surface area contributed by atoms with Gasteiger partial charge in [-0.3, -0.25) is 9.59 Å². The van der Waals surface area contributed by atoms with Crippen LogP contribution in [0.3, 0.4) is 0 Å². The van der Waals surface area contributed by atoms with Gasteiger partial charge < -0.3 is 18.8 Å². The topological polar surface area (TPSA) is 116 Å². The summed E-state index contributed by atoms with van der Waals surface area (Å²) >= 11 is 1.25. The average Bonchev–Trinajstić information content (AvgIpc) is 3.07. The van der Waals surface area contributed by atoms with Crippen molar-refractivity contribution in [2.75, 3.05) is 40.7 Å². The standard InChI is InChI=1S/C19H25N3O7S2/c1-27-14-9-13-16(10-15(14)28-2)30-19(22(13)11-17(23)29-3)20-18(24)12-5-7-21(8-6-12)31(4,25)26/h9-10,12H,5-8,11H2,1-4H3. The van der Waals surface area contributed by atoms with Gasteiger partial charge in [0.25, 0.3) is 5.91 Å². The van der Waals surface area contributed by atoms with E-state index in [1.807, 2.05) is 0 Å². The molecule has 0 saturated carbocycles. The second-order valence-corrected chi connectivity index (χ2v) is 10.1. The molecule has 0 N–H and O–H groups in total. The van der Waals surface area contributed by atoms with Crippen molar-refractivity contribution >= 4 is 43.5 Å². The predicted molar refractivity (Wildman–Crippen MR) is 115 cm³/mol. The van der Waals surface area contributed by atoms with Crippen molar-refractivity contribution in [3.63, 3.8) is 0 Å². The number of nitrogens with zero attached hydrogens (tertiary/aromatic N) is 3. The zero-order chi connectivity index (χ0) is 22.8. The molecule has 1 aromatic carbocycles. The highest BCUT2D eigenvalue weighted by molar-refractivity contribution is 7.88. The fraction of sp³-hybridized carbons (Fsp3) is 0.526. The molecule has 170 valence electrons. The Morgan fingerprint density at radius 2 is 1.74 bits per heavy atom. The van der Waals surface area contributed by atoms with E-state index >= 15 is 0 Å². The number of amides is 1. The van der Waals surface area contributed by atoms with Crippen LogP contribution >= 0.6 is 11.3 Å². The third kappa shape index (κ3) is 5.08. The number of carbonyl (C=O) groups is 2. The van der Waals surface area contributed by atoms with E-state index in [0.717, 1.165) is 11.0 Å². The molecule has 2 aromatic rings. The van der Waals surface area contributed by atoms with Crippen molar-refractivity contribution in [2.45, 2.75) is 19.4 Å². The van der Waals surface area contributed by atoms with Crippen molar-refractivity contribution in [3.05, 3.63) is 16.9 Å². The van der Waals surface area contributed by atoms with Gasteiger partial charge >= 0.3 is 5.97 Å². The number of carbonyl (C=O) groups excluding carboxylic acids is 2. The van der Waals surface area contributed by atoms with Gasteiger partial charge in [-0.15, -0.1) is 0 Å². The zero-order valence-corrected chi connectivity index (χ0v) is 19.4. The van der Waals surface area contributed by atoms with Crippen LogP contribution in [0.25, 0.3) is 10.2 Å². The van der Waals surface area contributed by atoms with Crippen molar-refractivity contribution in [1.29, 1.82) is 0 Å². The molecule has 1 saturated heterocycles. The van der Waals surface area contributed by atoms with Crippen molar-refractivity contribution in [2.24, 2.45) is 10.9 Å². The molecule has 2 heterocycles. The highest BCUT2D eigenvalue weighted by atomic mass is 32.2. The Hall–Kier alpha value is -2.44. The Balaban J connectivity index is 1.99. The fourth-order valence-electron chi connectivity index (χ4n) is 3.45. The van der Waals surface area contributed by atoms with E-state index in [4.69, 9.17) is 14.2 Å². The van der Waals surface area contributed by atoms with Crippen molar-refractivity contribution in [1.82, 2.24) is 8.87 Å². The first-order valence-electron chi connectivity index (χ1n) is 9.53. The molecule has 1 amide bonds. The summed E-state index contributed by atoms with van der Waals surface area (Å²) in [7, 11) is 1.05. The Morgan fingerprint density at radius 3 is 2.29 bits per heavy atom. The summed E-state index contributed by atoms with van der Waals surface area (Å²) in [6.45, 7) is 0.450. The van der Waals surface area contributed by atoms with Gasteiger partial charge in [0, 0.05) is 31.1 Å². The van der Waals surface area contributed by atoms with Gasteiger partial charge in [-0.25, -0.2) is 12.7 Å². The van der Waals surface area contributed by atoms with Gasteiger partial charge in [0.15, 0.2) is 16.3 Å². The van der Waals surface area contributed by atoms with E-state index in [1.54, 1.807) is 16.7 Å². The van der Waals surface area contributed by atoms with Crippen LogP contribution in [-0.2, 0) is 30.9 Å². The molecule has 0 atom stereocenters. The molecule has 31 heavy (non-hydrogen) atoms. The molecular formula is C19H25N3O7S2. The summed E-state index contributed by atoms with van der Waals surface area (Å²) in [6.07, 6.45) is 1.97. The summed E-state index contributed by atoms with van der Waals surface area (Å²) in [5.41, 5.74) is 0.659. The number of rotatable bonds is 6. The van der Waals surface area contributed by atoms with E-state index < -0.39 is 16.0 Å². The Bertz CT molecular complexity index is 1160. The monoisotopic (exact) mass is 471 g/mol. The van der Waals surface area contributed by atoms with Gasteiger partial charge in [-0.1, -0.05) is 11.3 Å². The first-order valence-corrected chi connectivity index (χ1v) is 12.2. The second kappa shape index (κ2) is 9.37. The number of fused-ring (bicyclic) bond motifs is 1. The van der Waals surface area contributed by atoms with E-state index in [9.17, 15) is 18.0 Å². The Morgan fingerprint density at radius 1 is 1.13 bits per heavy atom. The number of methoxy groups -OCH3 is 3. The minimum atomic E-state index is -3.27. The first kappa shape index (κ1) is 23.2. The lowest BCUT2D eigenvalue weighted by Crippen LogP contribution is -2.39. The number of hydrogen-bond donors (Lipinski definition) is 0. The summed E-state index contributed by atoms with van der Waals surface area (Å²) < 4.78 is 42.6. The highest BCUT2D eigenvalue weighted by Crippen LogP contribution is 2.33. The third-order valence-electron chi connectivity index (χ3n) is 5.18. The second-order valence-electron chi connectivity index (χ2n) is 7.11. The van der Waals surface area contributed by atoms with Crippen LogP contribution in [-0.4, -0.2) is 69.8 Å². The SMILES string of the molecule is COC(=O)Cn1c(=NC(=O)C2CCN(S(C)(=O)=O)CC2)sc2cc(OC)c(OC)cc21. The minimum Gasteiger partial charge on any atom is -0.493 e. The Labute approximate surface area is 184 Å². The minimum absolute atomic E-state index is 0.120. The molecule has 3 rings (SSSR count). The van der Waals surface area contributed by atoms with Crippen LogP contribution in [0.2, 0.25) is 0 Å². The summed E-state index contributed by atoms with van der Waals surface area (Å²) in [4.78, 5) is 29.5. The lowest BCUT2D eigenvalue weighted by molar-refractivity contribution is -0.141. The molecule has 0 aliphatic carbocycles. The Kier molecular flexibility index (Phi) is 7.02. The lowest BCUT2D eigenvalue weighted by Gasteiger charge is -2.28. The number of sulfonamides is 1. The number of aromatic nitrogens is 1. The van der Waals surface area contributed by atoms with E-state index in [-0.39, 0.29) is 31.5 Å². The van der Waals surface area contributed by atoms with Gasteiger partial charge in [-0.05, 0) is 12.8 Å². The maximum Gasteiger partial charge on any atom is 0.325 e. The molecule has 1 aliphatic heterocycles. The first-order chi connectivity index (χ1) is 14.7. The maximum absolute atomic E-state index is 12.8. The number of hydrogen-bond acceptors (Lipinski definition) is 8. The normalized spacial score (nSPS) is 16.5.